The Labute approximate surface area is 111 Å². The van der Waals surface area contributed by atoms with E-state index in [2.05, 4.69) is 31.0 Å². The highest BCUT2D eigenvalue weighted by Gasteiger charge is 2.07. The summed E-state index contributed by atoms with van der Waals surface area (Å²) in [4.78, 5) is 4.29. The predicted octanol–water partition coefficient (Wildman–Crippen LogP) is 2.90. The Bertz CT molecular complexity index is 407. The standard InChI is InChI=1S/C13H19N3.C2H6/c1-9-5-4-6-10(2)13(9)12(16-8-14)7-11(3)15;1-2/h4-7H,8,14-15H2,1-3H3;1-2H3/b11-7-,16-12+;. The highest BCUT2D eigenvalue weighted by atomic mass is 14.9. The van der Waals surface area contributed by atoms with Crippen LogP contribution in [0.4, 0.5) is 0 Å². The molecule has 0 aliphatic rings. The van der Waals surface area contributed by atoms with Crippen LogP contribution in [0.25, 0.3) is 0 Å². The van der Waals surface area contributed by atoms with Crippen LogP contribution >= 0.6 is 0 Å². The predicted molar refractivity (Wildman–Crippen MR) is 80.8 cm³/mol. The van der Waals surface area contributed by atoms with Crippen LogP contribution in [0.2, 0.25) is 0 Å². The monoisotopic (exact) mass is 247 g/mol. The van der Waals surface area contributed by atoms with Gasteiger partial charge in [-0.15, -0.1) is 0 Å². The van der Waals surface area contributed by atoms with Gasteiger partial charge in [-0.05, 0) is 38.0 Å². The van der Waals surface area contributed by atoms with Crippen molar-refractivity contribution in [3.63, 3.8) is 0 Å². The Hall–Kier alpha value is -1.61. The quantitative estimate of drug-likeness (QED) is 0.807. The first kappa shape index (κ1) is 16.4. The lowest BCUT2D eigenvalue weighted by Gasteiger charge is -2.10. The summed E-state index contributed by atoms with van der Waals surface area (Å²) in [5, 5.41) is 0. The van der Waals surface area contributed by atoms with E-state index in [1.807, 2.05) is 32.9 Å². The first-order valence-electron chi connectivity index (χ1n) is 6.31. The lowest BCUT2D eigenvalue weighted by molar-refractivity contribution is 1.07. The van der Waals surface area contributed by atoms with Gasteiger partial charge in [-0.1, -0.05) is 32.0 Å². The van der Waals surface area contributed by atoms with Crippen molar-refractivity contribution in [3.8, 4) is 0 Å². The molecule has 4 N–H and O–H groups in total. The maximum Gasteiger partial charge on any atom is 0.0866 e. The molecule has 0 fully saturated rings. The van der Waals surface area contributed by atoms with Crippen LogP contribution in [0, 0.1) is 13.8 Å². The molecule has 0 aliphatic heterocycles. The lowest BCUT2D eigenvalue weighted by Crippen LogP contribution is -2.09. The summed E-state index contributed by atoms with van der Waals surface area (Å²) in [5.74, 6) is 0. The Morgan fingerprint density at radius 3 is 2.11 bits per heavy atom. The molecule has 1 rings (SSSR count). The second kappa shape index (κ2) is 8.48. The minimum absolute atomic E-state index is 0.271. The molecule has 1 aromatic carbocycles. The van der Waals surface area contributed by atoms with Gasteiger partial charge < -0.3 is 11.5 Å². The second-order valence-electron chi connectivity index (χ2n) is 3.88. The molecule has 0 saturated carbocycles. The Kier molecular flexibility index (Phi) is 7.72. The summed E-state index contributed by atoms with van der Waals surface area (Å²) in [7, 11) is 0. The minimum Gasteiger partial charge on any atom is -0.402 e. The summed E-state index contributed by atoms with van der Waals surface area (Å²) >= 11 is 0. The number of benzene rings is 1. The van der Waals surface area contributed by atoms with Gasteiger partial charge in [0, 0.05) is 11.3 Å². The van der Waals surface area contributed by atoms with Crippen molar-refractivity contribution in [2.75, 3.05) is 6.67 Å². The molecule has 3 heteroatoms. The van der Waals surface area contributed by atoms with Crippen molar-refractivity contribution in [2.24, 2.45) is 16.5 Å². The van der Waals surface area contributed by atoms with Gasteiger partial charge in [0.05, 0.1) is 12.4 Å². The smallest absolute Gasteiger partial charge is 0.0866 e. The van der Waals surface area contributed by atoms with Crippen LogP contribution in [0.5, 0.6) is 0 Å². The van der Waals surface area contributed by atoms with Crippen LogP contribution in [-0.4, -0.2) is 12.4 Å². The van der Waals surface area contributed by atoms with Gasteiger partial charge in [-0.25, -0.2) is 0 Å². The normalized spacial score (nSPS) is 11.9. The van der Waals surface area contributed by atoms with Crippen LogP contribution in [0.15, 0.2) is 35.0 Å². The largest absolute Gasteiger partial charge is 0.402 e. The molecule has 3 nitrogen and oxygen atoms in total. The zero-order chi connectivity index (χ0) is 14.1. The molecule has 18 heavy (non-hydrogen) atoms. The Morgan fingerprint density at radius 1 is 1.22 bits per heavy atom. The first-order valence-corrected chi connectivity index (χ1v) is 6.31. The summed E-state index contributed by atoms with van der Waals surface area (Å²) < 4.78 is 0. The van der Waals surface area contributed by atoms with Crippen molar-refractivity contribution in [2.45, 2.75) is 34.6 Å². The second-order valence-corrected chi connectivity index (χ2v) is 3.88. The number of hydrogen-bond acceptors (Lipinski definition) is 3. The molecule has 0 bridgehead atoms. The van der Waals surface area contributed by atoms with E-state index in [0.717, 1.165) is 17.0 Å². The first-order chi connectivity index (χ1) is 8.56. The van der Waals surface area contributed by atoms with Crippen LogP contribution in [-0.2, 0) is 0 Å². The summed E-state index contributed by atoms with van der Waals surface area (Å²) in [6.07, 6.45) is 1.86. The average molecular weight is 247 g/mol. The Morgan fingerprint density at radius 2 is 1.72 bits per heavy atom. The van der Waals surface area contributed by atoms with E-state index >= 15 is 0 Å². The topological polar surface area (TPSA) is 64.4 Å². The third-order valence-corrected chi connectivity index (χ3v) is 2.36. The van der Waals surface area contributed by atoms with Gasteiger partial charge in [0.2, 0.25) is 0 Å². The van der Waals surface area contributed by atoms with Gasteiger partial charge in [-0.2, -0.15) is 0 Å². The zero-order valence-electron chi connectivity index (χ0n) is 12.1. The minimum atomic E-state index is 0.271. The summed E-state index contributed by atoms with van der Waals surface area (Å²) in [6, 6.07) is 6.16. The van der Waals surface area contributed by atoms with E-state index in [1.54, 1.807) is 0 Å². The number of hydrogen-bond donors (Lipinski definition) is 2. The average Bonchev–Trinajstić information content (AvgIpc) is 2.31. The van der Waals surface area contributed by atoms with Gasteiger partial charge in [0.25, 0.3) is 0 Å². The van der Waals surface area contributed by atoms with Gasteiger partial charge >= 0.3 is 0 Å². The van der Waals surface area contributed by atoms with Gasteiger partial charge in [-0.3, -0.25) is 4.99 Å². The maximum absolute atomic E-state index is 5.70. The zero-order valence-corrected chi connectivity index (χ0v) is 12.1. The van der Waals surface area contributed by atoms with E-state index in [4.69, 9.17) is 11.5 Å². The van der Waals surface area contributed by atoms with E-state index in [9.17, 15) is 0 Å². The Balaban J connectivity index is 0.00000137. The molecule has 0 spiro atoms. The molecule has 0 aromatic heterocycles. The number of nitrogens with zero attached hydrogens (tertiary/aromatic N) is 1. The lowest BCUT2D eigenvalue weighted by atomic mass is 9.98. The molecule has 0 heterocycles. The van der Waals surface area contributed by atoms with Gasteiger partial charge in [0.15, 0.2) is 0 Å². The van der Waals surface area contributed by atoms with Crippen molar-refractivity contribution in [1.82, 2.24) is 0 Å². The summed E-state index contributed by atoms with van der Waals surface area (Å²) in [5.41, 5.74) is 16.3. The molecule has 0 saturated heterocycles. The highest BCUT2D eigenvalue weighted by molar-refractivity contribution is 6.10. The highest BCUT2D eigenvalue weighted by Crippen LogP contribution is 2.15. The third-order valence-electron chi connectivity index (χ3n) is 2.36. The van der Waals surface area contributed by atoms with E-state index < -0.39 is 0 Å². The molecule has 1 aromatic rings. The summed E-state index contributed by atoms with van der Waals surface area (Å²) in [6.45, 7) is 10.2. The SMILES string of the molecule is C/C(N)=C/C(=N\CN)c1c(C)cccc1C.CC. The number of rotatable bonds is 3. The molecular weight excluding hydrogens is 222 g/mol. The van der Waals surface area contributed by atoms with E-state index in [-0.39, 0.29) is 6.67 Å². The fourth-order valence-electron chi connectivity index (χ4n) is 1.73. The maximum atomic E-state index is 5.70. The molecule has 0 atom stereocenters. The van der Waals surface area contributed by atoms with E-state index in [1.165, 1.54) is 11.1 Å². The number of nitrogens with two attached hydrogens (primary N) is 2. The van der Waals surface area contributed by atoms with Gasteiger partial charge in [0.1, 0.15) is 0 Å². The van der Waals surface area contributed by atoms with E-state index in [0.29, 0.717) is 0 Å². The molecule has 0 radical (unpaired) electrons. The number of allylic oxidation sites excluding steroid dienone is 2. The van der Waals surface area contributed by atoms with Crippen molar-refractivity contribution in [1.29, 1.82) is 0 Å². The fraction of sp³-hybridized carbons (Fsp3) is 0.400. The van der Waals surface area contributed by atoms with Crippen molar-refractivity contribution >= 4 is 5.71 Å². The molecular formula is C15H25N3. The molecule has 100 valence electrons. The fourth-order valence-corrected chi connectivity index (χ4v) is 1.73. The number of aryl methyl sites for hydroxylation is 2. The van der Waals surface area contributed by atoms with Crippen LogP contribution in [0.1, 0.15) is 37.5 Å². The molecule has 0 amide bonds. The molecule has 0 unspecified atom stereocenters. The van der Waals surface area contributed by atoms with Crippen LogP contribution in [0.3, 0.4) is 0 Å². The number of aliphatic imine (C=N–C) groups is 1. The van der Waals surface area contributed by atoms with Crippen molar-refractivity contribution in [3.05, 3.63) is 46.7 Å². The third kappa shape index (κ3) is 4.72. The van der Waals surface area contributed by atoms with Crippen LogP contribution < -0.4 is 11.5 Å². The van der Waals surface area contributed by atoms with Crippen molar-refractivity contribution < 1.29 is 0 Å². The molecule has 0 aliphatic carbocycles.